The van der Waals surface area contributed by atoms with Crippen LogP contribution in [0.25, 0.3) is 0 Å². The van der Waals surface area contributed by atoms with E-state index >= 15 is 0 Å². The van der Waals surface area contributed by atoms with Gasteiger partial charge in [-0.3, -0.25) is 4.79 Å². The van der Waals surface area contributed by atoms with Crippen LogP contribution in [0.15, 0.2) is 65.8 Å². The highest BCUT2D eigenvalue weighted by Gasteiger charge is 2.69. The molecular weight excluding hydrogens is 591 g/mol. The van der Waals surface area contributed by atoms with E-state index < -0.39 is 12.1 Å². The van der Waals surface area contributed by atoms with Gasteiger partial charge in [0.15, 0.2) is 0 Å². The number of carbonyl (C=O) groups is 1. The minimum Gasteiger partial charge on any atom is -0.460 e. The zero-order valence-electron chi connectivity index (χ0n) is 31.2. The summed E-state index contributed by atoms with van der Waals surface area (Å²) in [6, 6.07) is 9.71. The van der Waals surface area contributed by atoms with Gasteiger partial charge in [0.1, 0.15) is 13.3 Å². The molecule has 2 nitrogen and oxygen atoms in total. The summed E-state index contributed by atoms with van der Waals surface area (Å²) in [6.07, 6.45) is 18.5. The van der Waals surface area contributed by atoms with Gasteiger partial charge < -0.3 is 4.74 Å². The predicted octanol–water partition coefficient (Wildman–Crippen LogP) is 12.0. The van der Waals surface area contributed by atoms with Crippen LogP contribution in [0, 0.1) is 62.1 Å². The first-order valence-electron chi connectivity index (χ1n) is 19.5. The Morgan fingerprint density at radius 3 is 2.27 bits per heavy atom. The maximum absolute atomic E-state index is 14.7. The van der Waals surface area contributed by atoms with Crippen LogP contribution in [0.2, 0.25) is 0 Å². The van der Waals surface area contributed by atoms with Crippen molar-refractivity contribution in [3.63, 3.8) is 0 Å². The van der Waals surface area contributed by atoms with Crippen molar-refractivity contribution in [1.82, 2.24) is 0 Å². The lowest BCUT2D eigenvalue weighted by atomic mass is 9.32. The molecule has 0 N–H and O–H groups in total. The monoisotopic (exact) mass is 654 g/mol. The molecule has 0 heterocycles. The van der Waals surface area contributed by atoms with Gasteiger partial charge in [-0.05, 0) is 157 Å². The third-order valence-electron chi connectivity index (χ3n) is 16.9. The Morgan fingerprint density at radius 1 is 0.854 bits per heavy atom. The molecule has 4 fully saturated rings. The summed E-state index contributed by atoms with van der Waals surface area (Å²) < 4.78 is 20.3. The van der Waals surface area contributed by atoms with Crippen LogP contribution >= 0.6 is 0 Å². The fourth-order valence-corrected chi connectivity index (χ4v) is 14.0. The molecule has 3 heteroatoms. The fraction of sp³-hybridized carbons (Fsp3) is 0.711. The van der Waals surface area contributed by atoms with Gasteiger partial charge in [0.2, 0.25) is 0 Å². The van der Waals surface area contributed by atoms with Crippen LogP contribution in [0.1, 0.15) is 131 Å². The van der Waals surface area contributed by atoms with Crippen LogP contribution in [0.4, 0.5) is 4.39 Å². The predicted molar refractivity (Wildman–Crippen MR) is 195 cm³/mol. The molecule has 0 spiro atoms. The largest absolute Gasteiger partial charge is 0.460 e. The van der Waals surface area contributed by atoms with E-state index in [1.807, 2.05) is 30.3 Å². The fourth-order valence-electron chi connectivity index (χ4n) is 14.0. The van der Waals surface area contributed by atoms with Gasteiger partial charge in [-0.1, -0.05) is 96.2 Å². The molecule has 6 aliphatic carbocycles. The van der Waals surface area contributed by atoms with Gasteiger partial charge >= 0.3 is 5.97 Å². The van der Waals surface area contributed by atoms with Gasteiger partial charge in [0.05, 0.1) is 5.41 Å². The summed E-state index contributed by atoms with van der Waals surface area (Å²) >= 11 is 0. The minimum absolute atomic E-state index is 0.0447. The first kappa shape index (κ1) is 34.3. The zero-order chi connectivity index (χ0) is 34.3. The smallest absolute Gasteiger partial charge is 0.315 e. The van der Waals surface area contributed by atoms with Crippen LogP contribution in [-0.2, 0) is 16.1 Å². The number of hydrogen-bond acceptors (Lipinski definition) is 2. The van der Waals surface area contributed by atoms with Crippen molar-refractivity contribution in [3.05, 3.63) is 71.3 Å². The average molecular weight is 655 g/mol. The molecule has 0 aliphatic heterocycles. The number of halogens is 1. The molecule has 0 amide bonds. The number of fused-ring (bicyclic) bond motifs is 7. The number of esters is 1. The summed E-state index contributed by atoms with van der Waals surface area (Å²) in [6.45, 7) is 22.2. The second kappa shape index (κ2) is 11.7. The second-order valence-electron chi connectivity index (χ2n) is 19.3. The Morgan fingerprint density at radius 2 is 1.60 bits per heavy atom. The molecule has 4 saturated carbocycles. The quantitative estimate of drug-likeness (QED) is 0.225. The van der Waals surface area contributed by atoms with E-state index in [1.165, 1.54) is 68.1 Å². The number of carbonyl (C=O) groups excluding carboxylic acids is 1. The highest BCUT2D eigenvalue weighted by molar-refractivity contribution is 5.78. The number of alkyl halides is 1. The normalized spacial score (nSPS) is 44.6. The molecule has 1 aromatic carbocycles. The maximum atomic E-state index is 14.7. The third-order valence-corrected chi connectivity index (χ3v) is 16.9. The lowest BCUT2D eigenvalue weighted by molar-refractivity contribution is -0.225. The first-order chi connectivity index (χ1) is 22.7. The van der Waals surface area contributed by atoms with E-state index in [-0.39, 0.29) is 23.4 Å². The Labute approximate surface area is 291 Å². The van der Waals surface area contributed by atoms with E-state index in [0.29, 0.717) is 40.9 Å². The molecule has 1 aromatic rings. The molecule has 0 saturated heterocycles. The number of ether oxygens (including phenoxy) is 1. The first-order valence-corrected chi connectivity index (χ1v) is 19.5. The van der Waals surface area contributed by atoms with E-state index in [4.69, 9.17) is 4.74 Å². The number of allylic oxidation sites excluding steroid dienone is 5. The van der Waals surface area contributed by atoms with Crippen LogP contribution < -0.4 is 0 Å². The average Bonchev–Trinajstić information content (AvgIpc) is 3.42. The third kappa shape index (κ3) is 4.85. The topological polar surface area (TPSA) is 26.3 Å². The molecule has 0 radical (unpaired) electrons. The summed E-state index contributed by atoms with van der Waals surface area (Å²) in [5.41, 5.74) is 5.69. The molecule has 0 aromatic heterocycles. The minimum atomic E-state index is -1.06. The van der Waals surface area contributed by atoms with Gasteiger partial charge in [0, 0.05) is 0 Å². The molecule has 6 aliphatic rings. The SMILES string of the molecule is C=C(C)[C@@H]1CCC2(C)CC[C@]3(C)[C@H](CC[C@@H]4C5(C)CC=C(C6=CC[C@](CF)(C(=O)OCc7ccccc7)CC6)C(C)(C)[C@@H]5CC[C@]43C)[C@@H]12. The van der Waals surface area contributed by atoms with Crippen molar-refractivity contribution in [2.45, 2.75) is 132 Å². The van der Waals surface area contributed by atoms with Crippen molar-refractivity contribution in [2.24, 2.45) is 62.1 Å². The van der Waals surface area contributed by atoms with E-state index in [0.717, 1.165) is 36.2 Å². The molecule has 48 heavy (non-hydrogen) atoms. The molecular formula is C45H63FO2. The standard InChI is InChI=1S/C45H63FO2/c1-30(2)33-18-21-41(5)26-27-43(7)35(38(33)41)14-15-37-42(6)22-19-34(40(3,4)36(42)20-23-44(37,43)8)32-16-24-45(29-46,25-17-32)39(47)48-28-31-12-10-9-11-13-31/h9-13,16,19,33,35-38H,1,14-15,17-18,20-29H2,2-8H3/t33-,35+,36-,37+,38+,41?,42?,43+,44+,45-/m0/s1. The van der Waals surface area contributed by atoms with Crippen LogP contribution in [0.5, 0.6) is 0 Å². The Kier molecular flexibility index (Phi) is 8.36. The van der Waals surface area contributed by atoms with Crippen molar-refractivity contribution in [2.75, 3.05) is 6.67 Å². The summed E-state index contributed by atoms with van der Waals surface area (Å²) in [5, 5.41) is 0. The molecule has 10 atom stereocenters. The molecule has 2 unspecified atom stereocenters. The Bertz CT molecular complexity index is 1500. The van der Waals surface area contributed by atoms with Gasteiger partial charge in [-0.25, -0.2) is 4.39 Å². The molecule has 0 bridgehead atoms. The van der Waals surface area contributed by atoms with Gasteiger partial charge in [-0.2, -0.15) is 0 Å². The summed E-state index contributed by atoms with van der Waals surface area (Å²) in [7, 11) is 0. The van der Waals surface area contributed by atoms with E-state index in [2.05, 4.69) is 67.2 Å². The molecule has 262 valence electrons. The van der Waals surface area contributed by atoms with Gasteiger partial charge in [-0.15, -0.1) is 0 Å². The van der Waals surface area contributed by atoms with E-state index in [1.54, 1.807) is 0 Å². The number of rotatable bonds is 6. The van der Waals surface area contributed by atoms with Crippen molar-refractivity contribution in [1.29, 1.82) is 0 Å². The lowest BCUT2D eigenvalue weighted by Gasteiger charge is -2.72. The van der Waals surface area contributed by atoms with Gasteiger partial charge in [0.25, 0.3) is 0 Å². The maximum Gasteiger partial charge on any atom is 0.315 e. The van der Waals surface area contributed by atoms with Crippen molar-refractivity contribution < 1.29 is 13.9 Å². The number of benzene rings is 1. The summed E-state index contributed by atoms with van der Waals surface area (Å²) in [5.74, 6) is 3.28. The van der Waals surface area contributed by atoms with Crippen LogP contribution in [0.3, 0.4) is 0 Å². The zero-order valence-corrected chi connectivity index (χ0v) is 31.2. The Balaban J connectivity index is 1.12. The highest BCUT2D eigenvalue weighted by Crippen LogP contribution is 2.77. The second-order valence-corrected chi connectivity index (χ2v) is 19.3. The van der Waals surface area contributed by atoms with Crippen molar-refractivity contribution in [3.8, 4) is 0 Å². The highest BCUT2D eigenvalue weighted by atomic mass is 19.1. The lowest BCUT2D eigenvalue weighted by Crippen LogP contribution is -2.65. The van der Waals surface area contributed by atoms with E-state index in [9.17, 15) is 9.18 Å². The van der Waals surface area contributed by atoms with Crippen molar-refractivity contribution >= 4 is 5.97 Å². The Hall–Kier alpha value is -2.16. The summed E-state index contributed by atoms with van der Waals surface area (Å²) in [4.78, 5) is 13.3. The number of hydrogen-bond donors (Lipinski definition) is 0. The molecule has 7 rings (SSSR count). The van der Waals surface area contributed by atoms with Crippen LogP contribution in [-0.4, -0.2) is 12.6 Å².